The first-order chi connectivity index (χ1) is 8.49. The number of carbonyl (C=O) groups excluding carboxylic acids is 1. The number of ether oxygens (including phenoxy) is 1. The lowest BCUT2D eigenvalue weighted by Gasteiger charge is -2.22. The van der Waals surface area contributed by atoms with Crippen molar-refractivity contribution in [2.45, 2.75) is 26.8 Å². The molecule has 0 bridgehead atoms. The number of nitrogens with zero attached hydrogens (tertiary/aromatic N) is 1. The first kappa shape index (κ1) is 14.8. The van der Waals surface area contributed by atoms with Crippen molar-refractivity contribution in [2.75, 3.05) is 14.2 Å². The predicted octanol–water partition coefficient (Wildman–Crippen LogP) is 3.35. The molecule has 0 saturated heterocycles. The number of amides is 1. The van der Waals surface area contributed by atoms with E-state index in [4.69, 9.17) is 16.3 Å². The van der Waals surface area contributed by atoms with Crippen molar-refractivity contribution in [2.24, 2.45) is 5.92 Å². The van der Waals surface area contributed by atoms with Gasteiger partial charge in [-0.25, -0.2) is 0 Å². The largest absolute Gasteiger partial charge is 0.496 e. The zero-order valence-electron chi connectivity index (χ0n) is 11.4. The second-order valence-corrected chi connectivity index (χ2v) is 4.90. The average Bonchev–Trinajstić information content (AvgIpc) is 2.37. The van der Waals surface area contributed by atoms with Crippen LogP contribution in [0.15, 0.2) is 18.2 Å². The highest BCUT2D eigenvalue weighted by atomic mass is 35.5. The summed E-state index contributed by atoms with van der Waals surface area (Å²) >= 11 is 5.97. The highest BCUT2D eigenvalue weighted by Gasteiger charge is 2.17. The average molecular weight is 270 g/mol. The number of carbonyl (C=O) groups is 1. The molecule has 0 heterocycles. The van der Waals surface area contributed by atoms with Crippen molar-refractivity contribution in [3.05, 3.63) is 28.8 Å². The van der Waals surface area contributed by atoms with Gasteiger partial charge in [0.1, 0.15) is 5.75 Å². The molecule has 1 aromatic carbocycles. The Morgan fingerprint density at radius 3 is 2.72 bits per heavy atom. The number of methoxy groups -OCH3 is 1. The summed E-state index contributed by atoms with van der Waals surface area (Å²) in [6, 6.07) is 5.43. The molecule has 18 heavy (non-hydrogen) atoms. The Labute approximate surface area is 114 Å². The van der Waals surface area contributed by atoms with Gasteiger partial charge in [-0.2, -0.15) is 0 Å². The fraction of sp³-hybridized carbons (Fsp3) is 0.500. The minimum Gasteiger partial charge on any atom is -0.496 e. The zero-order chi connectivity index (χ0) is 13.7. The Morgan fingerprint density at radius 1 is 1.50 bits per heavy atom. The quantitative estimate of drug-likeness (QED) is 0.820. The Hall–Kier alpha value is -1.22. The van der Waals surface area contributed by atoms with Crippen molar-refractivity contribution < 1.29 is 9.53 Å². The molecule has 0 N–H and O–H groups in total. The van der Waals surface area contributed by atoms with E-state index in [9.17, 15) is 4.79 Å². The number of halogens is 1. The third-order valence-electron chi connectivity index (χ3n) is 3.06. The summed E-state index contributed by atoms with van der Waals surface area (Å²) < 4.78 is 5.27. The molecule has 0 saturated carbocycles. The fourth-order valence-electron chi connectivity index (χ4n) is 1.75. The van der Waals surface area contributed by atoms with Crippen molar-refractivity contribution in [1.29, 1.82) is 0 Å². The molecule has 0 aliphatic rings. The van der Waals surface area contributed by atoms with E-state index in [0.717, 1.165) is 17.7 Å². The number of hydrogen-bond acceptors (Lipinski definition) is 2. The Morgan fingerprint density at radius 2 is 2.17 bits per heavy atom. The smallest absolute Gasteiger partial charge is 0.225 e. The highest BCUT2D eigenvalue weighted by Crippen LogP contribution is 2.24. The lowest BCUT2D eigenvalue weighted by atomic mass is 10.1. The predicted molar refractivity (Wildman–Crippen MR) is 73.9 cm³/mol. The number of benzene rings is 1. The normalized spacial score (nSPS) is 12.1. The van der Waals surface area contributed by atoms with E-state index in [1.807, 2.05) is 26.0 Å². The van der Waals surface area contributed by atoms with Crippen molar-refractivity contribution in [3.8, 4) is 5.75 Å². The summed E-state index contributed by atoms with van der Waals surface area (Å²) in [4.78, 5) is 13.7. The molecule has 100 valence electrons. The zero-order valence-corrected chi connectivity index (χ0v) is 12.1. The van der Waals surface area contributed by atoms with E-state index in [1.165, 1.54) is 0 Å². The van der Waals surface area contributed by atoms with Gasteiger partial charge in [0.25, 0.3) is 0 Å². The molecule has 1 atom stereocenters. The van der Waals surface area contributed by atoms with Gasteiger partial charge in [-0.15, -0.1) is 0 Å². The van der Waals surface area contributed by atoms with Gasteiger partial charge < -0.3 is 9.64 Å². The molecule has 3 nitrogen and oxygen atoms in total. The van der Waals surface area contributed by atoms with Crippen LogP contribution in [0.2, 0.25) is 5.02 Å². The molecule has 0 spiro atoms. The maximum atomic E-state index is 12.0. The Balaban J connectivity index is 2.83. The van der Waals surface area contributed by atoms with Crippen LogP contribution in [0, 0.1) is 5.92 Å². The second kappa shape index (κ2) is 6.64. The van der Waals surface area contributed by atoms with E-state index in [-0.39, 0.29) is 11.8 Å². The van der Waals surface area contributed by atoms with Crippen molar-refractivity contribution in [3.63, 3.8) is 0 Å². The molecule has 0 radical (unpaired) electrons. The standard InChI is InChI=1S/C14H20ClNO2/c1-5-10(2)14(17)16(3)9-11-8-12(15)6-7-13(11)18-4/h6-8,10H,5,9H2,1-4H3. The van der Waals surface area contributed by atoms with E-state index in [1.54, 1.807) is 25.1 Å². The van der Waals surface area contributed by atoms with Crippen LogP contribution < -0.4 is 4.74 Å². The molecule has 0 fully saturated rings. The number of rotatable bonds is 5. The van der Waals surface area contributed by atoms with Gasteiger partial charge in [0.05, 0.1) is 7.11 Å². The van der Waals surface area contributed by atoms with Crippen LogP contribution in [0.3, 0.4) is 0 Å². The summed E-state index contributed by atoms with van der Waals surface area (Å²) in [5.74, 6) is 0.933. The van der Waals surface area contributed by atoms with Crippen LogP contribution in [0.1, 0.15) is 25.8 Å². The van der Waals surface area contributed by atoms with Crippen molar-refractivity contribution in [1.82, 2.24) is 4.90 Å². The maximum absolute atomic E-state index is 12.0. The first-order valence-electron chi connectivity index (χ1n) is 6.07. The molecule has 1 aromatic rings. The third kappa shape index (κ3) is 3.64. The van der Waals surface area contributed by atoms with Gasteiger partial charge in [-0.05, 0) is 24.6 Å². The van der Waals surface area contributed by atoms with Gasteiger partial charge >= 0.3 is 0 Å². The van der Waals surface area contributed by atoms with Crippen molar-refractivity contribution >= 4 is 17.5 Å². The van der Waals surface area contributed by atoms with Gasteiger partial charge in [-0.3, -0.25) is 4.79 Å². The second-order valence-electron chi connectivity index (χ2n) is 4.46. The molecule has 0 aromatic heterocycles. The Bertz CT molecular complexity index is 420. The van der Waals surface area contributed by atoms with E-state index >= 15 is 0 Å². The van der Waals surface area contributed by atoms with Gasteiger partial charge in [0.15, 0.2) is 0 Å². The lowest BCUT2D eigenvalue weighted by molar-refractivity contribution is -0.134. The van der Waals surface area contributed by atoms with Crippen LogP contribution >= 0.6 is 11.6 Å². The summed E-state index contributed by atoms with van der Waals surface area (Å²) in [6.45, 7) is 4.46. The first-order valence-corrected chi connectivity index (χ1v) is 6.44. The van der Waals surface area contributed by atoms with Gasteiger partial charge in [-0.1, -0.05) is 25.4 Å². The molecule has 0 aliphatic heterocycles. The van der Waals surface area contributed by atoms with E-state index in [0.29, 0.717) is 11.6 Å². The third-order valence-corrected chi connectivity index (χ3v) is 3.30. The van der Waals surface area contributed by atoms with E-state index in [2.05, 4.69) is 0 Å². The highest BCUT2D eigenvalue weighted by molar-refractivity contribution is 6.30. The van der Waals surface area contributed by atoms with Gasteiger partial charge in [0, 0.05) is 30.1 Å². The molecule has 4 heteroatoms. The summed E-state index contributed by atoms with van der Waals surface area (Å²) in [6.07, 6.45) is 0.843. The minimum absolute atomic E-state index is 0.0418. The summed E-state index contributed by atoms with van der Waals surface area (Å²) in [5, 5.41) is 0.648. The fourth-order valence-corrected chi connectivity index (χ4v) is 1.95. The van der Waals surface area contributed by atoms with Gasteiger partial charge in [0.2, 0.25) is 5.91 Å². The molecule has 1 rings (SSSR count). The van der Waals surface area contributed by atoms with Crippen LogP contribution in [0.4, 0.5) is 0 Å². The van der Waals surface area contributed by atoms with Crippen LogP contribution in [-0.4, -0.2) is 25.0 Å². The molecular formula is C14H20ClNO2. The number of hydrogen-bond donors (Lipinski definition) is 0. The van der Waals surface area contributed by atoms with E-state index < -0.39 is 0 Å². The maximum Gasteiger partial charge on any atom is 0.225 e. The summed E-state index contributed by atoms with van der Waals surface area (Å²) in [5.41, 5.74) is 0.921. The summed E-state index contributed by atoms with van der Waals surface area (Å²) in [7, 11) is 3.41. The molecule has 1 unspecified atom stereocenters. The molecular weight excluding hydrogens is 250 g/mol. The van der Waals surface area contributed by atoms with Crippen LogP contribution in [0.25, 0.3) is 0 Å². The monoisotopic (exact) mass is 269 g/mol. The lowest BCUT2D eigenvalue weighted by Crippen LogP contribution is -2.31. The minimum atomic E-state index is 0.0418. The molecule has 0 aliphatic carbocycles. The topological polar surface area (TPSA) is 29.5 Å². The van der Waals surface area contributed by atoms with Crippen LogP contribution in [0.5, 0.6) is 5.75 Å². The Kier molecular flexibility index (Phi) is 5.48. The SMILES string of the molecule is CCC(C)C(=O)N(C)Cc1cc(Cl)ccc1OC. The van der Waals surface area contributed by atoms with Crippen LogP contribution in [-0.2, 0) is 11.3 Å². The molecule has 1 amide bonds.